The maximum atomic E-state index is 13.1. The van der Waals surface area contributed by atoms with Crippen molar-refractivity contribution in [2.75, 3.05) is 39.6 Å². The number of ether oxygens (including phenoxy) is 4. The van der Waals surface area contributed by atoms with Crippen LogP contribution in [0.2, 0.25) is 0 Å². The molecule has 0 aromatic carbocycles. The lowest BCUT2D eigenvalue weighted by atomic mass is 10.0. The van der Waals surface area contributed by atoms with Gasteiger partial charge in [-0.25, -0.2) is 9.13 Å². The molecule has 0 saturated carbocycles. The summed E-state index contributed by atoms with van der Waals surface area (Å²) in [6.45, 7) is 4.77. The van der Waals surface area contributed by atoms with E-state index in [1.807, 2.05) is 0 Å². The van der Waals surface area contributed by atoms with Gasteiger partial charge in [-0.15, -0.1) is 0 Å². The third-order valence-electron chi connectivity index (χ3n) is 17.0. The number of unbranched alkanes of at least 4 members (excludes halogenated alkanes) is 39. The van der Waals surface area contributed by atoms with Crippen molar-refractivity contribution < 1.29 is 80.2 Å². The van der Waals surface area contributed by atoms with E-state index in [1.54, 1.807) is 0 Å². The van der Waals surface area contributed by atoms with Crippen LogP contribution in [0.3, 0.4) is 0 Å². The minimum absolute atomic E-state index is 0.0796. The largest absolute Gasteiger partial charge is 0.472 e. The van der Waals surface area contributed by atoms with Crippen LogP contribution >= 0.6 is 15.6 Å². The molecule has 0 aromatic heterocycles. The lowest BCUT2D eigenvalue weighted by Crippen LogP contribution is -2.30. The minimum Gasteiger partial charge on any atom is -0.462 e. The SMILES string of the molecule is CC/C=C\C/C=C\C/C=C\C/C=C\CCCCC(=O)OCC(COP(=O)(O)OCC(O)COP(=O)(O)OCC(COC(=O)CCCCCCCCCCCCCCCCC)OC(=O)CCCCCCCCCCCCCCC)OC(=O)CCCCCCC/C=C\CCCCCCCC. The van der Waals surface area contributed by atoms with Crippen molar-refractivity contribution in [2.24, 2.45) is 0 Å². The molecule has 0 fully saturated rings. The highest BCUT2D eigenvalue weighted by atomic mass is 31.2. The summed E-state index contributed by atoms with van der Waals surface area (Å²) >= 11 is 0. The number of carbonyl (C=O) groups excluding carboxylic acids is 4. The molecular formula is C79H144O17P2. The van der Waals surface area contributed by atoms with E-state index in [-0.39, 0.29) is 25.7 Å². The van der Waals surface area contributed by atoms with Crippen LogP contribution in [0, 0.1) is 0 Å². The summed E-state index contributed by atoms with van der Waals surface area (Å²) < 4.78 is 68.5. The number of carbonyl (C=O) groups is 4. The second kappa shape index (κ2) is 72.1. The number of aliphatic hydroxyl groups is 1. The lowest BCUT2D eigenvalue weighted by molar-refractivity contribution is -0.161. The first kappa shape index (κ1) is 94.8. The van der Waals surface area contributed by atoms with Gasteiger partial charge in [0.15, 0.2) is 12.2 Å². The molecule has 0 bridgehead atoms. The van der Waals surface area contributed by atoms with Crippen LogP contribution in [-0.4, -0.2) is 96.7 Å². The van der Waals surface area contributed by atoms with Crippen LogP contribution in [-0.2, 0) is 65.4 Å². The van der Waals surface area contributed by atoms with Gasteiger partial charge in [0.05, 0.1) is 26.4 Å². The maximum Gasteiger partial charge on any atom is 0.472 e. The van der Waals surface area contributed by atoms with Gasteiger partial charge in [-0.3, -0.25) is 37.3 Å². The third-order valence-corrected chi connectivity index (χ3v) is 18.9. The highest BCUT2D eigenvalue weighted by molar-refractivity contribution is 7.47. The maximum absolute atomic E-state index is 13.1. The fourth-order valence-electron chi connectivity index (χ4n) is 11.0. The Hall–Kier alpha value is -3.24. The van der Waals surface area contributed by atoms with Gasteiger partial charge >= 0.3 is 39.5 Å². The van der Waals surface area contributed by atoms with E-state index < -0.39 is 97.5 Å². The standard InChI is InChI=1S/C79H144O17P2/c1-5-9-13-17-21-25-29-33-36-40-43-47-51-55-59-63-76(81)89-69-74(95-78(83)65-61-57-53-49-45-39-32-28-24-20-16-12-8-4)71-93-97(85,86)91-67-73(80)68-92-98(87,88)94-72-75(96-79(84)66-62-58-54-50-46-42-38-35-31-27-23-19-15-11-7-3)70-90-77(82)64-60-56-52-48-44-41-37-34-30-26-22-18-14-10-6-2/h10,14,22,26,34-35,37-38,44,48,73-75,80H,5-9,11-13,15-21,23-25,27-33,36,39-43,45-47,49-72H2,1-4H3,(H,85,86)(H,87,88)/b14-10-,26-22-,37-34-,38-35-,48-44-. The second-order valence-electron chi connectivity index (χ2n) is 26.6. The van der Waals surface area contributed by atoms with Gasteiger partial charge in [0.2, 0.25) is 0 Å². The topological polar surface area (TPSA) is 237 Å². The molecule has 3 N–H and O–H groups in total. The predicted molar refractivity (Wildman–Crippen MR) is 400 cm³/mol. The Kier molecular flexibility index (Phi) is 69.7. The minimum atomic E-state index is -4.98. The van der Waals surface area contributed by atoms with E-state index in [9.17, 15) is 43.2 Å². The normalized spacial score (nSPS) is 14.2. The number of hydrogen-bond donors (Lipinski definition) is 3. The fourth-order valence-corrected chi connectivity index (χ4v) is 12.6. The smallest absolute Gasteiger partial charge is 0.462 e. The van der Waals surface area contributed by atoms with Crippen LogP contribution in [0.1, 0.15) is 362 Å². The Bertz CT molecular complexity index is 2100. The Morgan fingerprint density at radius 1 is 0.296 bits per heavy atom. The van der Waals surface area contributed by atoms with Crippen molar-refractivity contribution in [1.82, 2.24) is 0 Å². The van der Waals surface area contributed by atoms with E-state index in [0.717, 1.165) is 122 Å². The molecule has 0 rings (SSSR count). The van der Waals surface area contributed by atoms with Crippen molar-refractivity contribution >= 4 is 39.5 Å². The summed E-state index contributed by atoms with van der Waals surface area (Å²) in [5.74, 6) is -2.20. The van der Waals surface area contributed by atoms with E-state index >= 15 is 0 Å². The number of rotatable bonds is 75. The van der Waals surface area contributed by atoms with Gasteiger partial charge in [-0.05, 0) is 89.9 Å². The van der Waals surface area contributed by atoms with Crippen molar-refractivity contribution in [3.8, 4) is 0 Å². The average Bonchev–Trinajstić information content (AvgIpc) is 1.04. The highest BCUT2D eigenvalue weighted by Crippen LogP contribution is 2.45. The van der Waals surface area contributed by atoms with Crippen molar-refractivity contribution in [1.29, 1.82) is 0 Å². The molecule has 5 atom stereocenters. The summed E-state index contributed by atoms with van der Waals surface area (Å²) in [6, 6.07) is 0. The molecule has 17 nitrogen and oxygen atoms in total. The first-order chi connectivity index (χ1) is 47.7. The third kappa shape index (κ3) is 71.2. The zero-order valence-electron chi connectivity index (χ0n) is 62.5. The molecule has 19 heteroatoms. The fraction of sp³-hybridized carbons (Fsp3) is 0.823. The number of phosphoric acid groups is 2. The number of hydrogen-bond acceptors (Lipinski definition) is 15. The first-order valence-electron chi connectivity index (χ1n) is 39.5. The van der Waals surface area contributed by atoms with Gasteiger partial charge in [0, 0.05) is 25.7 Å². The highest BCUT2D eigenvalue weighted by Gasteiger charge is 2.30. The summed E-state index contributed by atoms with van der Waals surface area (Å²) in [7, 11) is -9.95. The van der Waals surface area contributed by atoms with Gasteiger partial charge < -0.3 is 33.8 Å². The molecule has 0 amide bonds. The van der Waals surface area contributed by atoms with Crippen LogP contribution in [0.5, 0.6) is 0 Å². The van der Waals surface area contributed by atoms with E-state index in [1.165, 1.54) is 161 Å². The van der Waals surface area contributed by atoms with Gasteiger partial charge in [-0.1, -0.05) is 307 Å². The molecule has 0 heterocycles. The number of allylic oxidation sites excluding steroid dienone is 10. The summed E-state index contributed by atoms with van der Waals surface area (Å²) in [4.78, 5) is 72.9. The van der Waals surface area contributed by atoms with Crippen molar-refractivity contribution in [2.45, 2.75) is 380 Å². The van der Waals surface area contributed by atoms with Crippen molar-refractivity contribution in [3.05, 3.63) is 60.8 Å². The average molecular weight is 1430 g/mol. The molecular weight excluding hydrogens is 1280 g/mol. The van der Waals surface area contributed by atoms with E-state index in [2.05, 4.69) is 88.5 Å². The Morgan fingerprint density at radius 3 is 0.847 bits per heavy atom. The van der Waals surface area contributed by atoms with Crippen LogP contribution in [0.25, 0.3) is 0 Å². The molecule has 0 aliphatic rings. The predicted octanol–water partition coefficient (Wildman–Crippen LogP) is 22.7. The van der Waals surface area contributed by atoms with Crippen LogP contribution in [0.15, 0.2) is 60.8 Å². The quantitative estimate of drug-likeness (QED) is 0.0169. The monoisotopic (exact) mass is 1430 g/mol. The molecule has 5 unspecified atom stereocenters. The molecule has 98 heavy (non-hydrogen) atoms. The Balaban J connectivity index is 5.34. The van der Waals surface area contributed by atoms with Crippen LogP contribution < -0.4 is 0 Å². The zero-order valence-corrected chi connectivity index (χ0v) is 64.3. The number of aliphatic hydroxyl groups excluding tert-OH is 1. The van der Waals surface area contributed by atoms with E-state index in [0.29, 0.717) is 25.7 Å². The summed E-state index contributed by atoms with van der Waals surface area (Å²) in [5.41, 5.74) is 0. The molecule has 572 valence electrons. The molecule has 0 aliphatic heterocycles. The van der Waals surface area contributed by atoms with Gasteiger partial charge in [0.25, 0.3) is 0 Å². The molecule has 0 aliphatic carbocycles. The summed E-state index contributed by atoms with van der Waals surface area (Å²) in [6.07, 6.45) is 70.6. The molecule has 0 radical (unpaired) electrons. The number of esters is 4. The second-order valence-corrected chi connectivity index (χ2v) is 29.5. The molecule has 0 spiro atoms. The van der Waals surface area contributed by atoms with Gasteiger partial charge in [0.1, 0.15) is 19.3 Å². The molecule has 0 saturated heterocycles. The van der Waals surface area contributed by atoms with E-state index in [4.69, 9.17) is 37.0 Å². The molecule has 0 aromatic rings. The Morgan fingerprint density at radius 2 is 0.531 bits per heavy atom. The van der Waals surface area contributed by atoms with Crippen molar-refractivity contribution in [3.63, 3.8) is 0 Å². The van der Waals surface area contributed by atoms with Crippen LogP contribution in [0.4, 0.5) is 0 Å². The summed E-state index contributed by atoms with van der Waals surface area (Å²) in [5, 5.41) is 10.6. The zero-order chi connectivity index (χ0) is 71.8. The Labute approximate surface area is 597 Å². The first-order valence-corrected chi connectivity index (χ1v) is 42.5. The number of phosphoric ester groups is 2. The van der Waals surface area contributed by atoms with Gasteiger partial charge in [-0.2, -0.15) is 0 Å². The lowest BCUT2D eigenvalue weighted by Gasteiger charge is -2.21.